The minimum Gasteiger partial charge on any atom is -0.400 e. The number of hydrogen-bond donors (Lipinski definition) is 2. The van der Waals surface area contributed by atoms with Crippen molar-refractivity contribution in [2.75, 3.05) is 14.2 Å². The van der Waals surface area contributed by atoms with Gasteiger partial charge >= 0.3 is 0 Å². The number of aliphatic hydroxyl groups is 2. The fourth-order valence-corrected chi connectivity index (χ4v) is 0. The summed E-state index contributed by atoms with van der Waals surface area (Å²) >= 11 is 0. The van der Waals surface area contributed by atoms with Crippen molar-refractivity contribution in [2.24, 2.45) is 0 Å². The molecule has 0 bridgehead atoms. The van der Waals surface area contributed by atoms with Crippen LogP contribution in [0.3, 0.4) is 0 Å². The fraction of sp³-hybridized carbons (Fsp3) is 1.00. The summed E-state index contributed by atoms with van der Waals surface area (Å²) < 4.78 is 0. The summed E-state index contributed by atoms with van der Waals surface area (Å²) in [6.45, 7) is 0. The van der Waals surface area contributed by atoms with Gasteiger partial charge in [0.25, 0.3) is 0 Å². The van der Waals surface area contributed by atoms with Crippen LogP contribution in [0.15, 0.2) is 0 Å². The molecule has 0 rings (SSSR count). The van der Waals surface area contributed by atoms with Crippen molar-refractivity contribution in [2.45, 2.75) is 0 Å². The summed E-state index contributed by atoms with van der Waals surface area (Å²) in [5.74, 6) is 0. The summed E-state index contributed by atoms with van der Waals surface area (Å²) in [5.41, 5.74) is 0. The molecular formula is C2H10F2O2Zr. The average molecular weight is 195 g/mol. The first kappa shape index (κ1) is 48.0. The third-order valence-corrected chi connectivity index (χ3v) is 0. The molecule has 0 spiro atoms. The van der Waals surface area contributed by atoms with Gasteiger partial charge in [0.05, 0.1) is 0 Å². The predicted octanol–water partition coefficient (Wildman–Crippen LogP) is -0.480. The van der Waals surface area contributed by atoms with E-state index in [4.69, 9.17) is 10.2 Å². The molecule has 0 aliphatic rings. The van der Waals surface area contributed by atoms with Gasteiger partial charge in [0.1, 0.15) is 0 Å². The maximum atomic E-state index is 7.00. The van der Waals surface area contributed by atoms with Gasteiger partial charge in [-0.05, 0) is 0 Å². The molecule has 0 fully saturated rings. The summed E-state index contributed by atoms with van der Waals surface area (Å²) in [7, 11) is 2.00. The first-order chi connectivity index (χ1) is 2.00. The number of hydrogen-bond acceptors (Lipinski definition) is 2. The molecule has 0 saturated carbocycles. The predicted molar refractivity (Wildman–Crippen MR) is 21.3 cm³/mol. The molecular weight excluding hydrogens is 185 g/mol. The van der Waals surface area contributed by atoms with Gasteiger partial charge in [-0.25, -0.2) is 0 Å². The van der Waals surface area contributed by atoms with Gasteiger partial charge in [0.15, 0.2) is 0 Å². The van der Waals surface area contributed by atoms with Gasteiger partial charge in [-0.3, -0.25) is 9.41 Å². The summed E-state index contributed by atoms with van der Waals surface area (Å²) in [6.07, 6.45) is 0. The quantitative estimate of drug-likeness (QED) is 0.548. The molecule has 0 atom stereocenters. The van der Waals surface area contributed by atoms with E-state index in [2.05, 4.69) is 0 Å². The van der Waals surface area contributed by atoms with E-state index in [1.165, 1.54) is 0 Å². The van der Waals surface area contributed by atoms with Gasteiger partial charge in [0.2, 0.25) is 0 Å². The molecule has 0 saturated heterocycles. The number of halogens is 2. The third kappa shape index (κ3) is 329. The van der Waals surface area contributed by atoms with E-state index in [0.717, 1.165) is 14.2 Å². The molecule has 0 aromatic rings. The van der Waals surface area contributed by atoms with Gasteiger partial charge < -0.3 is 10.2 Å². The first-order valence-electron chi connectivity index (χ1n) is 0.894. The molecule has 0 aliphatic carbocycles. The largest absolute Gasteiger partial charge is 0.400 e. The molecule has 48 valence electrons. The SMILES string of the molecule is CO.CO.F.F.[Zr]. The van der Waals surface area contributed by atoms with Crippen LogP contribution in [0.25, 0.3) is 0 Å². The monoisotopic (exact) mass is 194 g/mol. The van der Waals surface area contributed by atoms with Crippen molar-refractivity contribution < 1.29 is 45.8 Å². The number of rotatable bonds is 0. The van der Waals surface area contributed by atoms with Crippen molar-refractivity contribution in [1.82, 2.24) is 0 Å². The van der Waals surface area contributed by atoms with Crippen LogP contribution in [0.2, 0.25) is 0 Å². The third-order valence-electron chi connectivity index (χ3n) is 0. The molecule has 0 aromatic heterocycles. The van der Waals surface area contributed by atoms with Crippen LogP contribution in [-0.4, -0.2) is 24.4 Å². The number of aliphatic hydroxyl groups excluding tert-OH is 2. The van der Waals surface area contributed by atoms with Crippen LogP contribution in [0.1, 0.15) is 0 Å². The van der Waals surface area contributed by atoms with Crippen molar-refractivity contribution in [3.63, 3.8) is 0 Å². The zero-order valence-corrected chi connectivity index (χ0v) is 6.67. The van der Waals surface area contributed by atoms with Crippen LogP contribution in [0, 0.1) is 0 Å². The normalized spacial score (nSPS) is 1.71. The molecule has 0 radical (unpaired) electrons. The standard InChI is InChI=1S/2CH4O.2FH.Zr/c2*1-2;;;/h2*2H,1H3;2*1H;. The smallest absolute Gasteiger partial charge is 0.0319 e. The Labute approximate surface area is 60.4 Å². The molecule has 0 amide bonds. The Kier molecular flexibility index (Phi) is 3330. The molecule has 0 heterocycles. The molecule has 5 heteroatoms. The Hall–Kier alpha value is 0.663. The van der Waals surface area contributed by atoms with Crippen molar-refractivity contribution in [3.05, 3.63) is 0 Å². The minimum absolute atomic E-state index is 0. The molecule has 2 nitrogen and oxygen atoms in total. The van der Waals surface area contributed by atoms with E-state index >= 15 is 0 Å². The fourth-order valence-electron chi connectivity index (χ4n) is 0. The van der Waals surface area contributed by atoms with E-state index in [0.29, 0.717) is 0 Å². The van der Waals surface area contributed by atoms with E-state index in [9.17, 15) is 0 Å². The van der Waals surface area contributed by atoms with E-state index in [1.54, 1.807) is 0 Å². The van der Waals surface area contributed by atoms with Crippen LogP contribution >= 0.6 is 0 Å². The maximum absolute atomic E-state index is 7.00. The van der Waals surface area contributed by atoms with E-state index in [1.807, 2.05) is 0 Å². The molecule has 0 aromatic carbocycles. The maximum Gasteiger partial charge on any atom is 0.0319 e. The summed E-state index contributed by atoms with van der Waals surface area (Å²) in [5, 5.41) is 14.0. The summed E-state index contributed by atoms with van der Waals surface area (Å²) in [4.78, 5) is 0. The second-order valence-electron chi connectivity index (χ2n) is 0. The average Bonchev–Trinajstić information content (AvgIpc) is 1.50. The Morgan fingerprint density at radius 2 is 0.714 bits per heavy atom. The first-order valence-corrected chi connectivity index (χ1v) is 0.894. The van der Waals surface area contributed by atoms with Crippen LogP contribution in [0.5, 0.6) is 0 Å². The zero-order chi connectivity index (χ0) is 4.00. The van der Waals surface area contributed by atoms with E-state index < -0.39 is 0 Å². The molecule has 2 N–H and O–H groups in total. The Morgan fingerprint density at radius 3 is 0.714 bits per heavy atom. The van der Waals surface area contributed by atoms with Gasteiger partial charge in [-0.15, -0.1) is 0 Å². The van der Waals surface area contributed by atoms with E-state index in [-0.39, 0.29) is 35.6 Å². The summed E-state index contributed by atoms with van der Waals surface area (Å²) in [6, 6.07) is 0. The van der Waals surface area contributed by atoms with Gasteiger partial charge in [-0.1, -0.05) is 0 Å². The Balaban J connectivity index is -0.00000000267. The van der Waals surface area contributed by atoms with Crippen LogP contribution in [0.4, 0.5) is 9.41 Å². The molecule has 7 heavy (non-hydrogen) atoms. The molecule has 0 unspecified atom stereocenters. The van der Waals surface area contributed by atoms with Gasteiger partial charge in [0, 0.05) is 40.4 Å². The van der Waals surface area contributed by atoms with Crippen molar-refractivity contribution >= 4 is 0 Å². The van der Waals surface area contributed by atoms with Crippen molar-refractivity contribution in [1.29, 1.82) is 0 Å². The zero-order valence-electron chi connectivity index (χ0n) is 4.21. The minimum atomic E-state index is 0. The Bertz CT molecular complexity index is 13.7. The van der Waals surface area contributed by atoms with Crippen LogP contribution < -0.4 is 0 Å². The second-order valence-corrected chi connectivity index (χ2v) is 0. The van der Waals surface area contributed by atoms with Crippen molar-refractivity contribution in [3.8, 4) is 0 Å². The van der Waals surface area contributed by atoms with Gasteiger partial charge in [-0.2, -0.15) is 0 Å². The second kappa shape index (κ2) is 486. The topological polar surface area (TPSA) is 40.5 Å². The Morgan fingerprint density at radius 1 is 0.714 bits per heavy atom. The molecule has 0 aliphatic heterocycles. The van der Waals surface area contributed by atoms with Crippen LogP contribution in [-0.2, 0) is 26.2 Å².